The molecule has 4 heteroatoms. The van der Waals surface area contributed by atoms with Gasteiger partial charge in [-0.3, -0.25) is 0 Å². The molecule has 1 aromatic heterocycles. The van der Waals surface area contributed by atoms with E-state index in [0.29, 0.717) is 13.2 Å². The van der Waals surface area contributed by atoms with Gasteiger partial charge in [0.05, 0.1) is 24.0 Å². The number of hydrogen-bond donors (Lipinski definition) is 1. The van der Waals surface area contributed by atoms with Crippen LogP contribution in [0.5, 0.6) is 5.75 Å². The molecule has 0 fully saturated rings. The molecule has 0 aliphatic heterocycles. The normalized spacial score (nSPS) is 10.9. The van der Waals surface area contributed by atoms with Crippen LogP contribution in [0.25, 0.3) is 11.0 Å². The highest BCUT2D eigenvalue weighted by Gasteiger charge is 2.01. The molecular weight excluding hydrogens is 262 g/mol. The molecule has 0 atom stereocenters. The van der Waals surface area contributed by atoms with Crippen molar-refractivity contribution >= 4 is 11.0 Å². The fourth-order valence-electron chi connectivity index (χ4n) is 2.34. The number of benzene rings is 2. The lowest BCUT2D eigenvalue weighted by molar-refractivity contribution is 0.302. The van der Waals surface area contributed by atoms with Gasteiger partial charge in [-0.05, 0) is 36.2 Å². The zero-order valence-electron chi connectivity index (χ0n) is 11.9. The summed E-state index contributed by atoms with van der Waals surface area (Å²) in [4.78, 5) is 4.38. The van der Waals surface area contributed by atoms with Gasteiger partial charge in [-0.2, -0.15) is 0 Å². The summed E-state index contributed by atoms with van der Waals surface area (Å²) in [5.74, 6) is 0.891. The molecular formula is C17H19N3O. The zero-order chi connectivity index (χ0) is 14.5. The van der Waals surface area contributed by atoms with Gasteiger partial charge in [0.2, 0.25) is 0 Å². The Balaban J connectivity index is 1.51. The Labute approximate surface area is 124 Å². The van der Waals surface area contributed by atoms with Gasteiger partial charge in [0.1, 0.15) is 5.75 Å². The lowest BCUT2D eigenvalue weighted by Crippen LogP contribution is -2.04. The average Bonchev–Trinajstić information content (AvgIpc) is 2.95. The Morgan fingerprint density at radius 2 is 1.86 bits per heavy atom. The predicted octanol–water partition coefficient (Wildman–Crippen LogP) is 2.96. The molecule has 4 nitrogen and oxygen atoms in total. The van der Waals surface area contributed by atoms with Gasteiger partial charge in [0, 0.05) is 13.1 Å². The lowest BCUT2D eigenvalue weighted by atomic mass is 10.2. The van der Waals surface area contributed by atoms with Crippen LogP contribution in [0.1, 0.15) is 12.0 Å². The topological polar surface area (TPSA) is 53.1 Å². The second-order valence-corrected chi connectivity index (χ2v) is 4.98. The van der Waals surface area contributed by atoms with Crippen molar-refractivity contribution in [2.75, 3.05) is 6.61 Å². The van der Waals surface area contributed by atoms with Gasteiger partial charge in [0.25, 0.3) is 0 Å². The maximum Gasteiger partial charge on any atom is 0.119 e. The number of aryl methyl sites for hydroxylation is 1. The SMILES string of the molecule is NCc1ccc(OCCCn2cnc3ccccc32)cc1. The minimum Gasteiger partial charge on any atom is -0.494 e. The first-order valence-corrected chi connectivity index (χ1v) is 7.18. The van der Waals surface area contributed by atoms with Crippen molar-refractivity contribution in [1.82, 2.24) is 9.55 Å². The number of fused-ring (bicyclic) bond motifs is 1. The monoisotopic (exact) mass is 281 g/mol. The Morgan fingerprint density at radius 3 is 2.67 bits per heavy atom. The smallest absolute Gasteiger partial charge is 0.119 e. The maximum absolute atomic E-state index is 5.74. The van der Waals surface area contributed by atoms with E-state index in [1.165, 1.54) is 5.52 Å². The van der Waals surface area contributed by atoms with E-state index < -0.39 is 0 Å². The summed E-state index contributed by atoms with van der Waals surface area (Å²) < 4.78 is 7.90. The van der Waals surface area contributed by atoms with Crippen molar-refractivity contribution in [3.63, 3.8) is 0 Å². The molecule has 108 valence electrons. The number of aromatic nitrogens is 2. The molecule has 0 unspecified atom stereocenters. The molecule has 1 heterocycles. The van der Waals surface area contributed by atoms with Gasteiger partial charge >= 0.3 is 0 Å². The van der Waals surface area contributed by atoms with E-state index in [2.05, 4.69) is 15.6 Å². The van der Waals surface area contributed by atoms with E-state index >= 15 is 0 Å². The van der Waals surface area contributed by atoms with Crippen molar-refractivity contribution in [3.8, 4) is 5.75 Å². The second kappa shape index (κ2) is 6.41. The third-order valence-electron chi connectivity index (χ3n) is 3.50. The maximum atomic E-state index is 5.74. The van der Waals surface area contributed by atoms with Gasteiger partial charge < -0.3 is 15.0 Å². The summed E-state index contributed by atoms with van der Waals surface area (Å²) in [7, 11) is 0. The van der Waals surface area contributed by atoms with E-state index in [4.69, 9.17) is 10.5 Å². The number of ether oxygens (including phenoxy) is 1. The first kappa shape index (κ1) is 13.6. The Morgan fingerprint density at radius 1 is 1.05 bits per heavy atom. The molecule has 0 aliphatic rings. The summed E-state index contributed by atoms with van der Waals surface area (Å²) in [6, 6.07) is 16.1. The largest absolute Gasteiger partial charge is 0.494 e. The number of nitrogens with two attached hydrogens (primary N) is 1. The van der Waals surface area contributed by atoms with Crippen LogP contribution in [-0.4, -0.2) is 16.2 Å². The molecule has 2 N–H and O–H groups in total. The lowest BCUT2D eigenvalue weighted by Gasteiger charge is -2.08. The summed E-state index contributed by atoms with van der Waals surface area (Å²) in [6.07, 6.45) is 2.83. The molecule has 0 saturated heterocycles. The molecule has 0 bridgehead atoms. The zero-order valence-corrected chi connectivity index (χ0v) is 11.9. The van der Waals surface area contributed by atoms with Crippen LogP contribution >= 0.6 is 0 Å². The second-order valence-electron chi connectivity index (χ2n) is 4.98. The molecule has 21 heavy (non-hydrogen) atoms. The summed E-state index contributed by atoms with van der Waals surface area (Å²) in [6.45, 7) is 2.16. The van der Waals surface area contributed by atoms with Crippen LogP contribution in [0.2, 0.25) is 0 Å². The summed E-state index contributed by atoms with van der Waals surface area (Å²) >= 11 is 0. The summed E-state index contributed by atoms with van der Waals surface area (Å²) in [5.41, 5.74) is 8.90. The fraction of sp³-hybridized carbons (Fsp3) is 0.235. The van der Waals surface area contributed by atoms with Gasteiger partial charge in [0.15, 0.2) is 0 Å². The fourth-order valence-corrected chi connectivity index (χ4v) is 2.34. The first-order chi connectivity index (χ1) is 10.4. The molecule has 0 aliphatic carbocycles. The first-order valence-electron chi connectivity index (χ1n) is 7.18. The Hall–Kier alpha value is -2.33. The standard InChI is InChI=1S/C17H19N3O/c18-12-14-6-8-15(9-7-14)21-11-3-10-20-13-19-16-4-1-2-5-17(16)20/h1-2,4-9,13H,3,10-12,18H2. The number of hydrogen-bond acceptors (Lipinski definition) is 3. The third kappa shape index (κ3) is 3.23. The number of imidazole rings is 1. The van der Waals surface area contributed by atoms with Gasteiger partial charge in [-0.25, -0.2) is 4.98 Å². The molecule has 0 amide bonds. The van der Waals surface area contributed by atoms with Crippen molar-refractivity contribution in [3.05, 3.63) is 60.4 Å². The third-order valence-corrected chi connectivity index (χ3v) is 3.50. The van der Waals surface area contributed by atoms with Crippen molar-refractivity contribution in [2.45, 2.75) is 19.5 Å². The van der Waals surface area contributed by atoms with Gasteiger partial charge in [-0.15, -0.1) is 0 Å². The quantitative estimate of drug-likeness (QED) is 0.707. The predicted molar refractivity (Wildman–Crippen MR) is 84.2 cm³/mol. The van der Waals surface area contributed by atoms with Crippen LogP contribution in [0.3, 0.4) is 0 Å². The van der Waals surface area contributed by atoms with Crippen molar-refractivity contribution in [2.24, 2.45) is 5.73 Å². The average molecular weight is 281 g/mol. The molecule has 2 aromatic carbocycles. The van der Waals surface area contributed by atoms with E-state index in [9.17, 15) is 0 Å². The minimum absolute atomic E-state index is 0.563. The highest BCUT2D eigenvalue weighted by Crippen LogP contribution is 2.14. The highest BCUT2D eigenvalue weighted by molar-refractivity contribution is 5.74. The van der Waals surface area contributed by atoms with Crippen molar-refractivity contribution < 1.29 is 4.74 Å². The number of nitrogens with zero attached hydrogens (tertiary/aromatic N) is 2. The van der Waals surface area contributed by atoms with E-state index in [1.807, 2.05) is 48.8 Å². The number of para-hydroxylation sites is 2. The van der Waals surface area contributed by atoms with Crippen LogP contribution < -0.4 is 10.5 Å². The highest BCUT2D eigenvalue weighted by atomic mass is 16.5. The van der Waals surface area contributed by atoms with Crippen LogP contribution in [-0.2, 0) is 13.1 Å². The van der Waals surface area contributed by atoms with E-state index in [1.54, 1.807) is 0 Å². The van der Waals surface area contributed by atoms with E-state index in [-0.39, 0.29) is 0 Å². The molecule has 0 radical (unpaired) electrons. The molecule has 0 spiro atoms. The molecule has 3 rings (SSSR count). The molecule has 3 aromatic rings. The molecule has 0 saturated carbocycles. The van der Waals surface area contributed by atoms with E-state index in [0.717, 1.165) is 29.8 Å². The van der Waals surface area contributed by atoms with Crippen LogP contribution in [0.4, 0.5) is 0 Å². The van der Waals surface area contributed by atoms with Crippen LogP contribution in [0.15, 0.2) is 54.9 Å². The Kier molecular flexibility index (Phi) is 4.17. The Bertz CT molecular complexity index is 703. The minimum atomic E-state index is 0.563. The van der Waals surface area contributed by atoms with Crippen LogP contribution in [0, 0.1) is 0 Å². The van der Waals surface area contributed by atoms with Crippen molar-refractivity contribution in [1.29, 1.82) is 0 Å². The summed E-state index contributed by atoms with van der Waals surface area (Å²) in [5, 5.41) is 0. The van der Waals surface area contributed by atoms with Gasteiger partial charge in [-0.1, -0.05) is 24.3 Å². The number of rotatable bonds is 6.